The average Bonchev–Trinajstić information content (AvgIpc) is 3.23. The highest BCUT2D eigenvalue weighted by Crippen LogP contribution is 2.29. The molecule has 27 heavy (non-hydrogen) atoms. The lowest BCUT2D eigenvalue weighted by molar-refractivity contribution is 0.520. The van der Waals surface area contributed by atoms with Crippen LogP contribution in [0.2, 0.25) is 0 Å². The average molecular weight is 384 g/mol. The number of aromatic nitrogens is 3. The number of sulfonamides is 1. The van der Waals surface area contributed by atoms with Crippen LogP contribution in [0, 0.1) is 0 Å². The second kappa shape index (κ2) is 6.47. The summed E-state index contributed by atoms with van der Waals surface area (Å²) in [5.74, 6) is 0.749. The molecular formula is C19H20N4O3S. The van der Waals surface area contributed by atoms with E-state index in [9.17, 15) is 13.2 Å². The van der Waals surface area contributed by atoms with Gasteiger partial charge in [0.05, 0.1) is 16.6 Å². The minimum absolute atomic E-state index is 0.0177. The Morgan fingerprint density at radius 1 is 1.04 bits per heavy atom. The van der Waals surface area contributed by atoms with Crippen LogP contribution in [0.25, 0.3) is 5.69 Å². The largest absolute Gasteiger partial charge is 0.351 e. The standard InChI is InChI=1S/C19H20N4O3S/c1-21(2)27(25,26)16-10-8-15(9-11-16)23-19(24)22-17(12-13-18(22)20-23)14-6-4-3-5-7-14/h3-11,17H,12-13H2,1-2H3/t17-/m0/s1. The fraction of sp³-hybridized carbons (Fsp3) is 0.263. The molecule has 0 saturated carbocycles. The molecule has 0 bridgehead atoms. The summed E-state index contributed by atoms with van der Waals surface area (Å²) >= 11 is 0. The summed E-state index contributed by atoms with van der Waals surface area (Å²) in [5, 5.41) is 4.47. The highest BCUT2D eigenvalue weighted by Gasteiger charge is 2.29. The highest BCUT2D eigenvalue weighted by molar-refractivity contribution is 7.89. The Bertz CT molecular complexity index is 1130. The number of aryl methyl sites for hydroxylation is 1. The second-order valence-electron chi connectivity index (χ2n) is 6.73. The summed E-state index contributed by atoms with van der Waals surface area (Å²) in [4.78, 5) is 13.2. The van der Waals surface area contributed by atoms with Gasteiger partial charge in [0.25, 0.3) is 0 Å². The first-order chi connectivity index (χ1) is 12.9. The van der Waals surface area contributed by atoms with Crippen LogP contribution >= 0.6 is 0 Å². The van der Waals surface area contributed by atoms with Crippen molar-refractivity contribution in [1.82, 2.24) is 18.7 Å². The van der Waals surface area contributed by atoms with Gasteiger partial charge in [-0.3, -0.25) is 4.57 Å². The number of nitrogens with zero attached hydrogens (tertiary/aromatic N) is 4. The molecule has 140 valence electrons. The molecule has 7 nitrogen and oxygen atoms in total. The van der Waals surface area contributed by atoms with Gasteiger partial charge in [-0.2, -0.15) is 4.68 Å². The van der Waals surface area contributed by atoms with Gasteiger partial charge >= 0.3 is 5.69 Å². The molecule has 0 fully saturated rings. The first-order valence-electron chi connectivity index (χ1n) is 8.68. The Hall–Kier alpha value is -2.71. The lowest BCUT2D eigenvalue weighted by atomic mass is 10.1. The van der Waals surface area contributed by atoms with Gasteiger partial charge in [-0.1, -0.05) is 30.3 Å². The Kier molecular flexibility index (Phi) is 4.24. The zero-order chi connectivity index (χ0) is 19.2. The fourth-order valence-corrected chi connectivity index (χ4v) is 4.33. The molecule has 2 heterocycles. The maximum Gasteiger partial charge on any atom is 0.351 e. The highest BCUT2D eigenvalue weighted by atomic mass is 32.2. The van der Waals surface area contributed by atoms with E-state index in [0.29, 0.717) is 5.69 Å². The third kappa shape index (κ3) is 2.90. The van der Waals surface area contributed by atoms with E-state index in [-0.39, 0.29) is 16.6 Å². The summed E-state index contributed by atoms with van der Waals surface area (Å²) in [6.45, 7) is 0. The van der Waals surface area contributed by atoms with Gasteiger partial charge in [0.1, 0.15) is 5.82 Å². The zero-order valence-corrected chi connectivity index (χ0v) is 15.9. The van der Waals surface area contributed by atoms with E-state index in [2.05, 4.69) is 5.10 Å². The Labute approximate surface area is 157 Å². The van der Waals surface area contributed by atoms with Crippen LogP contribution in [-0.2, 0) is 16.4 Å². The molecule has 1 aliphatic heterocycles. The summed E-state index contributed by atoms with van der Waals surface area (Å²) in [6.07, 6.45) is 1.58. The van der Waals surface area contributed by atoms with E-state index in [0.717, 1.165) is 28.5 Å². The Morgan fingerprint density at radius 2 is 1.70 bits per heavy atom. The number of hydrogen-bond acceptors (Lipinski definition) is 4. The molecule has 4 rings (SSSR count). The van der Waals surface area contributed by atoms with Crippen LogP contribution in [0.3, 0.4) is 0 Å². The molecule has 1 atom stereocenters. The van der Waals surface area contributed by atoms with Gasteiger partial charge in [-0.25, -0.2) is 17.5 Å². The van der Waals surface area contributed by atoms with Crippen LogP contribution in [0.4, 0.5) is 0 Å². The van der Waals surface area contributed by atoms with Crippen LogP contribution in [-0.4, -0.2) is 41.2 Å². The van der Waals surface area contributed by atoms with Crippen LogP contribution in [0.15, 0.2) is 64.3 Å². The van der Waals surface area contributed by atoms with E-state index >= 15 is 0 Å². The van der Waals surface area contributed by atoms with Crippen molar-refractivity contribution in [3.63, 3.8) is 0 Å². The third-order valence-electron chi connectivity index (χ3n) is 4.88. The van der Waals surface area contributed by atoms with E-state index in [1.165, 1.54) is 30.9 Å². The number of hydrogen-bond donors (Lipinski definition) is 0. The first-order valence-corrected chi connectivity index (χ1v) is 10.1. The molecule has 0 unspecified atom stereocenters. The third-order valence-corrected chi connectivity index (χ3v) is 6.71. The van der Waals surface area contributed by atoms with E-state index < -0.39 is 10.0 Å². The van der Waals surface area contributed by atoms with Crippen molar-refractivity contribution in [3.8, 4) is 5.69 Å². The number of benzene rings is 2. The molecule has 3 aromatic rings. The van der Waals surface area contributed by atoms with Gasteiger partial charge < -0.3 is 0 Å². The molecule has 0 radical (unpaired) electrons. The van der Waals surface area contributed by atoms with Gasteiger partial charge in [0, 0.05) is 20.5 Å². The molecule has 0 saturated heterocycles. The van der Waals surface area contributed by atoms with E-state index in [4.69, 9.17) is 0 Å². The van der Waals surface area contributed by atoms with Crippen molar-refractivity contribution in [2.24, 2.45) is 0 Å². The number of rotatable bonds is 4. The molecule has 1 aromatic heterocycles. The zero-order valence-electron chi connectivity index (χ0n) is 15.1. The van der Waals surface area contributed by atoms with Crippen LogP contribution in [0.1, 0.15) is 23.9 Å². The summed E-state index contributed by atoms with van der Waals surface area (Å²) in [7, 11) is -0.540. The van der Waals surface area contributed by atoms with Crippen molar-refractivity contribution in [2.75, 3.05) is 14.1 Å². The maximum atomic E-state index is 13.0. The summed E-state index contributed by atoms with van der Waals surface area (Å²) < 4.78 is 28.6. The van der Waals surface area contributed by atoms with Crippen molar-refractivity contribution >= 4 is 10.0 Å². The van der Waals surface area contributed by atoms with Crippen LogP contribution in [0.5, 0.6) is 0 Å². The lowest BCUT2D eigenvalue weighted by Crippen LogP contribution is -2.26. The van der Waals surface area contributed by atoms with Crippen molar-refractivity contribution in [1.29, 1.82) is 0 Å². The summed E-state index contributed by atoms with van der Waals surface area (Å²) in [6, 6.07) is 16.1. The molecule has 1 aliphatic rings. The normalized spacial score (nSPS) is 16.6. The van der Waals surface area contributed by atoms with Gasteiger partial charge in [-0.15, -0.1) is 5.10 Å². The van der Waals surface area contributed by atoms with E-state index in [1.54, 1.807) is 16.7 Å². The SMILES string of the molecule is CN(C)S(=O)(=O)c1ccc(-n2nc3n(c2=O)[C@H](c2ccccc2)CC3)cc1. The maximum absolute atomic E-state index is 13.0. The molecule has 0 N–H and O–H groups in total. The fourth-order valence-electron chi connectivity index (χ4n) is 3.43. The summed E-state index contributed by atoms with van der Waals surface area (Å²) in [5.41, 5.74) is 1.43. The van der Waals surface area contributed by atoms with Gasteiger partial charge in [-0.05, 0) is 36.2 Å². The molecular weight excluding hydrogens is 364 g/mol. The minimum atomic E-state index is -3.51. The second-order valence-corrected chi connectivity index (χ2v) is 8.88. The predicted molar refractivity (Wildman–Crippen MR) is 102 cm³/mol. The first kappa shape index (κ1) is 17.7. The molecule has 0 aliphatic carbocycles. The minimum Gasteiger partial charge on any atom is -0.271 e. The van der Waals surface area contributed by atoms with Gasteiger partial charge in [0.2, 0.25) is 10.0 Å². The molecule has 0 spiro atoms. The molecule has 8 heteroatoms. The van der Waals surface area contributed by atoms with Gasteiger partial charge in [0.15, 0.2) is 0 Å². The van der Waals surface area contributed by atoms with Crippen LogP contribution < -0.4 is 5.69 Å². The van der Waals surface area contributed by atoms with Crippen molar-refractivity contribution in [3.05, 3.63) is 76.5 Å². The Balaban J connectivity index is 1.73. The van der Waals surface area contributed by atoms with Crippen molar-refractivity contribution in [2.45, 2.75) is 23.8 Å². The Morgan fingerprint density at radius 3 is 2.33 bits per heavy atom. The van der Waals surface area contributed by atoms with E-state index in [1.807, 2.05) is 30.3 Å². The number of fused-ring (bicyclic) bond motifs is 1. The lowest BCUT2D eigenvalue weighted by Gasteiger charge is -2.12. The molecule has 0 amide bonds. The monoisotopic (exact) mass is 384 g/mol. The smallest absolute Gasteiger partial charge is 0.271 e. The molecule has 2 aromatic carbocycles. The quantitative estimate of drug-likeness (QED) is 0.687. The topological polar surface area (TPSA) is 77.2 Å². The predicted octanol–water partition coefficient (Wildman–Crippen LogP) is 1.82. The van der Waals surface area contributed by atoms with Crippen molar-refractivity contribution < 1.29 is 8.42 Å².